The maximum atomic E-state index is 11.2. The van der Waals surface area contributed by atoms with Gasteiger partial charge in [-0.1, -0.05) is 79.7 Å². The number of benzene rings is 3. The molecule has 0 heterocycles. The molecule has 0 aliphatic rings. The maximum Gasteiger partial charge on any atom is 0.231 e. The van der Waals surface area contributed by atoms with Crippen LogP contribution in [0.3, 0.4) is 0 Å². The molecule has 0 radical (unpaired) electrons. The predicted molar refractivity (Wildman–Crippen MR) is 126 cm³/mol. The molecule has 3 N–H and O–H groups in total. The molecule has 0 saturated carbocycles. The van der Waals surface area contributed by atoms with Crippen molar-refractivity contribution in [3.8, 4) is 0 Å². The van der Waals surface area contributed by atoms with Crippen LogP contribution in [0.25, 0.3) is 17.2 Å². The second kappa shape index (κ2) is 9.48. The van der Waals surface area contributed by atoms with E-state index in [1.807, 2.05) is 60.7 Å². The van der Waals surface area contributed by atoms with Gasteiger partial charge in [0.25, 0.3) is 0 Å². The van der Waals surface area contributed by atoms with Crippen molar-refractivity contribution < 1.29 is 8.42 Å². The van der Waals surface area contributed by atoms with Crippen LogP contribution < -0.4 is 5.14 Å². The van der Waals surface area contributed by atoms with Crippen molar-refractivity contribution in [2.75, 3.05) is 0 Å². The highest BCUT2D eigenvalue weighted by Crippen LogP contribution is 2.34. The number of hydrogen-bond donors (Lipinski definition) is 2. The fourth-order valence-corrected chi connectivity index (χ4v) is 3.74. The summed E-state index contributed by atoms with van der Waals surface area (Å²) in [5.41, 5.74) is 7.07. The van der Waals surface area contributed by atoms with E-state index in [1.165, 1.54) is 17.9 Å². The summed E-state index contributed by atoms with van der Waals surface area (Å²) in [7, 11) is -3.66. The fraction of sp³-hybridized carbons (Fsp3) is 0.0800. The first kappa shape index (κ1) is 21.4. The Morgan fingerprint density at radius 2 is 1.53 bits per heavy atom. The monoisotopic (exact) mass is 416 g/mol. The van der Waals surface area contributed by atoms with Gasteiger partial charge < -0.3 is 5.41 Å². The van der Waals surface area contributed by atoms with Gasteiger partial charge in [-0.05, 0) is 57.5 Å². The van der Waals surface area contributed by atoms with Gasteiger partial charge in [0.05, 0.1) is 0 Å². The van der Waals surface area contributed by atoms with Crippen LogP contribution in [0.2, 0.25) is 0 Å². The molecule has 3 aromatic rings. The molecule has 0 amide bonds. The summed E-state index contributed by atoms with van der Waals surface area (Å²) >= 11 is 0. The largest absolute Gasteiger partial charge is 0.308 e. The number of nitrogens with one attached hydrogen (secondary N) is 1. The van der Waals surface area contributed by atoms with Gasteiger partial charge >= 0.3 is 0 Å². The molecule has 0 unspecified atom stereocenters. The molecule has 0 aromatic heterocycles. The molecule has 0 aliphatic carbocycles. The summed E-state index contributed by atoms with van der Waals surface area (Å²) in [4.78, 5) is 0. The van der Waals surface area contributed by atoms with Gasteiger partial charge in [0.1, 0.15) is 0 Å². The summed E-state index contributed by atoms with van der Waals surface area (Å²) in [6, 6.07) is 25.9. The topological polar surface area (TPSA) is 84.0 Å². The number of primary sulfonamides is 1. The Morgan fingerprint density at radius 3 is 2.13 bits per heavy atom. The first-order valence-corrected chi connectivity index (χ1v) is 11.2. The maximum absolute atomic E-state index is 11.2. The highest BCUT2D eigenvalue weighted by molar-refractivity contribution is 7.92. The second-order valence-electron chi connectivity index (χ2n) is 6.86. The molecule has 3 aromatic carbocycles. The Hall–Kier alpha value is -3.28. The number of allylic oxidation sites excluding steroid dienone is 1. The van der Waals surface area contributed by atoms with Crippen molar-refractivity contribution in [1.82, 2.24) is 0 Å². The molecule has 3 rings (SSSR count). The zero-order valence-corrected chi connectivity index (χ0v) is 17.6. The van der Waals surface area contributed by atoms with Gasteiger partial charge in [0.2, 0.25) is 10.0 Å². The van der Waals surface area contributed by atoms with E-state index in [2.05, 4.69) is 25.1 Å². The lowest BCUT2D eigenvalue weighted by Gasteiger charge is -2.17. The molecule has 152 valence electrons. The van der Waals surface area contributed by atoms with Gasteiger partial charge in [-0.15, -0.1) is 0 Å². The Balaban J connectivity index is 2.18. The Bertz CT molecular complexity index is 1190. The van der Waals surface area contributed by atoms with Gasteiger partial charge in [0, 0.05) is 11.6 Å². The van der Waals surface area contributed by atoms with Crippen LogP contribution in [0.5, 0.6) is 0 Å². The summed E-state index contributed by atoms with van der Waals surface area (Å²) in [6.45, 7) is 2.13. The number of rotatable bonds is 7. The average Bonchev–Trinajstić information content (AvgIpc) is 2.76. The van der Waals surface area contributed by atoms with Crippen molar-refractivity contribution in [3.05, 3.63) is 112 Å². The fourth-order valence-electron chi connectivity index (χ4n) is 3.40. The molecular weight excluding hydrogens is 392 g/mol. The lowest BCUT2D eigenvalue weighted by molar-refractivity contribution is 0.606. The third-order valence-corrected chi connectivity index (χ3v) is 5.28. The number of hydrogen-bond acceptors (Lipinski definition) is 3. The lowest BCUT2D eigenvalue weighted by atomic mass is 9.87. The van der Waals surface area contributed by atoms with E-state index in [-0.39, 0.29) is 0 Å². The standard InChI is InChI=1S/C25H24N2O2S/c1-2-24(21-8-4-3-5-9-21)25(23-10-6-7-20(17-23)18-26)22-13-11-19(12-14-22)15-16-30(27,28)29/h3-18,26H,2H2,1H3,(H2,27,28,29)/b16-15+,25-24+,26-18?. The molecule has 0 fully saturated rings. The first-order valence-electron chi connectivity index (χ1n) is 9.62. The molecular formula is C25H24N2O2S. The summed E-state index contributed by atoms with van der Waals surface area (Å²) < 4.78 is 22.4. The molecule has 0 atom stereocenters. The van der Waals surface area contributed by atoms with E-state index in [9.17, 15) is 8.42 Å². The van der Waals surface area contributed by atoms with Crippen molar-refractivity contribution in [2.24, 2.45) is 5.14 Å². The van der Waals surface area contributed by atoms with Crippen molar-refractivity contribution in [3.63, 3.8) is 0 Å². The van der Waals surface area contributed by atoms with Gasteiger partial charge in [0.15, 0.2) is 0 Å². The van der Waals surface area contributed by atoms with E-state index < -0.39 is 10.0 Å². The normalized spacial score (nSPS) is 12.6. The van der Waals surface area contributed by atoms with Crippen LogP contribution in [-0.4, -0.2) is 14.6 Å². The van der Waals surface area contributed by atoms with Crippen LogP contribution >= 0.6 is 0 Å². The summed E-state index contributed by atoms with van der Waals surface area (Å²) in [6.07, 6.45) is 3.66. The van der Waals surface area contributed by atoms with Gasteiger partial charge in [-0.25, -0.2) is 13.6 Å². The van der Waals surface area contributed by atoms with Crippen LogP contribution in [0.15, 0.2) is 84.3 Å². The molecule has 0 aliphatic heterocycles. The van der Waals surface area contributed by atoms with Gasteiger partial charge in [-0.2, -0.15) is 0 Å². The van der Waals surface area contributed by atoms with E-state index in [0.29, 0.717) is 0 Å². The highest BCUT2D eigenvalue weighted by Gasteiger charge is 2.13. The zero-order valence-electron chi connectivity index (χ0n) is 16.7. The number of sulfonamides is 1. The van der Waals surface area contributed by atoms with Gasteiger partial charge in [-0.3, -0.25) is 0 Å². The predicted octanol–water partition coefficient (Wildman–Crippen LogP) is 5.31. The lowest BCUT2D eigenvalue weighted by Crippen LogP contribution is -2.06. The van der Waals surface area contributed by atoms with E-state index in [0.717, 1.165) is 45.2 Å². The minimum absolute atomic E-state index is 0.748. The minimum atomic E-state index is -3.66. The second-order valence-corrected chi connectivity index (χ2v) is 8.31. The summed E-state index contributed by atoms with van der Waals surface area (Å²) in [5.74, 6) is 0. The third kappa shape index (κ3) is 5.41. The van der Waals surface area contributed by atoms with E-state index >= 15 is 0 Å². The third-order valence-electron chi connectivity index (χ3n) is 4.77. The van der Waals surface area contributed by atoms with Crippen molar-refractivity contribution >= 4 is 33.5 Å². The number of nitrogens with two attached hydrogens (primary N) is 1. The van der Waals surface area contributed by atoms with E-state index in [4.69, 9.17) is 10.5 Å². The highest BCUT2D eigenvalue weighted by atomic mass is 32.2. The quantitative estimate of drug-likeness (QED) is 0.404. The first-order chi connectivity index (χ1) is 14.4. The average molecular weight is 417 g/mol. The smallest absolute Gasteiger partial charge is 0.231 e. The van der Waals surface area contributed by atoms with Crippen LogP contribution in [-0.2, 0) is 10.0 Å². The van der Waals surface area contributed by atoms with E-state index in [1.54, 1.807) is 0 Å². The summed E-state index contributed by atoms with van der Waals surface area (Å²) in [5, 5.41) is 13.7. The van der Waals surface area contributed by atoms with Crippen molar-refractivity contribution in [1.29, 1.82) is 5.41 Å². The Kier molecular flexibility index (Phi) is 6.77. The molecule has 4 nitrogen and oxygen atoms in total. The van der Waals surface area contributed by atoms with Crippen LogP contribution in [0.1, 0.15) is 41.2 Å². The van der Waals surface area contributed by atoms with Crippen LogP contribution in [0.4, 0.5) is 0 Å². The van der Waals surface area contributed by atoms with Crippen molar-refractivity contribution in [2.45, 2.75) is 13.3 Å². The molecule has 5 heteroatoms. The Morgan fingerprint density at radius 1 is 0.867 bits per heavy atom. The van der Waals surface area contributed by atoms with Crippen LogP contribution in [0, 0.1) is 5.41 Å². The zero-order chi connectivity index (χ0) is 21.6. The SMILES string of the molecule is CC/C(=C(/c1ccc(/C=C/S(N)(=O)=O)cc1)c1cccc(C=N)c1)c1ccccc1. The Labute approximate surface area is 178 Å². The molecule has 0 spiro atoms. The molecule has 0 saturated heterocycles. The molecule has 30 heavy (non-hydrogen) atoms. The minimum Gasteiger partial charge on any atom is -0.308 e. The molecule has 0 bridgehead atoms.